The third kappa shape index (κ3) is 11.4. The number of halogens is 3. The zero-order valence-electron chi connectivity index (χ0n) is 38.5. The van der Waals surface area contributed by atoms with Crippen LogP contribution in [0.5, 0.6) is 5.88 Å². The zero-order chi connectivity index (χ0) is 48.2. The van der Waals surface area contributed by atoms with Gasteiger partial charge in [0.15, 0.2) is 5.65 Å². The number of alkyl carbamates (subject to hydrolysis) is 1. The molecule has 1 atom stereocenters. The molecule has 1 saturated heterocycles. The molecule has 0 radical (unpaired) electrons. The van der Waals surface area contributed by atoms with Gasteiger partial charge in [0.1, 0.15) is 16.1 Å². The minimum absolute atomic E-state index is 0.0290. The lowest BCUT2D eigenvalue weighted by atomic mass is 9.70. The molecule has 2 aliphatic heterocycles. The van der Waals surface area contributed by atoms with E-state index in [0.717, 1.165) is 9.96 Å². The van der Waals surface area contributed by atoms with Crippen molar-refractivity contribution < 1.29 is 59.7 Å². The topological polar surface area (TPSA) is 202 Å². The maximum Gasteiger partial charge on any atom is 0.452 e. The van der Waals surface area contributed by atoms with Gasteiger partial charge < -0.3 is 34.3 Å². The second-order valence-electron chi connectivity index (χ2n) is 18.1. The maximum absolute atomic E-state index is 14.7. The Balaban J connectivity index is 1.22. The fourth-order valence-corrected chi connectivity index (χ4v) is 9.78. The third-order valence-electron chi connectivity index (χ3n) is 11.7. The number of sulfonamides is 1. The average Bonchev–Trinajstić information content (AvgIpc) is 3.67. The molecule has 66 heavy (non-hydrogen) atoms. The number of rotatable bonds is 15. The number of alkyl halides is 3. The highest BCUT2D eigenvalue weighted by atomic mass is 32.2. The Kier molecular flexibility index (Phi) is 15.0. The summed E-state index contributed by atoms with van der Waals surface area (Å²) in [5.41, 5.74) is 0.387. The maximum atomic E-state index is 14.7. The van der Waals surface area contributed by atoms with Gasteiger partial charge in [0.2, 0.25) is 27.6 Å². The van der Waals surface area contributed by atoms with Crippen LogP contribution in [0.2, 0.25) is 0 Å². The summed E-state index contributed by atoms with van der Waals surface area (Å²) in [6.07, 6.45) is -3.06. The number of nitrogens with one attached hydrogen (secondary N) is 2. The van der Waals surface area contributed by atoms with Gasteiger partial charge in [-0.1, -0.05) is 18.2 Å². The predicted molar refractivity (Wildman–Crippen MR) is 233 cm³/mol. The molecule has 0 saturated carbocycles. The summed E-state index contributed by atoms with van der Waals surface area (Å²) in [4.78, 5) is 42.5. The first-order chi connectivity index (χ1) is 31.0. The van der Waals surface area contributed by atoms with E-state index in [0.29, 0.717) is 54.0 Å². The van der Waals surface area contributed by atoms with Crippen molar-refractivity contribution >= 4 is 33.6 Å². The summed E-state index contributed by atoms with van der Waals surface area (Å²) < 4.78 is 101. The molecule has 5 heterocycles. The van der Waals surface area contributed by atoms with Crippen LogP contribution < -0.4 is 15.4 Å². The van der Waals surface area contributed by atoms with Gasteiger partial charge in [-0.05, 0) is 101 Å². The molecule has 2 aliphatic rings. The van der Waals surface area contributed by atoms with Gasteiger partial charge in [-0.15, -0.1) is 10.2 Å². The van der Waals surface area contributed by atoms with E-state index in [4.69, 9.17) is 23.7 Å². The summed E-state index contributed by atoms with van der Waals surface area (Å²) in [5, 5.41) is 12.6. The van der Waals surface area contributed by atoms with Gasteiger partial charge in [-0.3, -0.25) is 14.0 Å². The van der Waals surface area contributed by atoms with Crippen molar-refractivity contribution in [1.29, 1.82) is 0 Å². The predicted octanol–water partition coefficient (Wildman–Crippen LogP) is 5.81. The molecule has 3 aromatic heterocycles. The molecule has 1 fully saturated rings. The lowest BCUT2D eigenvalue weighted by molar-refractivity contribution is -0.151. The summed E-state index contributed by atoms with van der Waals surface area (Å²) in [6, 6.07) is 9.97. The number of esters is 1. The molecule has 21 heteroatoms. The monoisotopic (exact) mass is 945 g/mol. The average molecular weight is 946 g/mol. The van der Waals surface area contributed by atoms with Crippen molar-refractivity contribution in [3.05, 3.63) is 81.9 Å². The molecule has 0 unspecified atom stereocenters. The smallest absolute Gasteiger partial charge is 0.452 e. The first-order valence-corrected chi connectivity index (χ1v) is 23.1. The second-order valence-corrected chi connectivity index (χ2v) is 20.0. The Morgan fingerprint density at radius 1 is 0.955 bits per heavy atom. The Morgan fingerprint density at radius 2 is 1.65 bits per heavy atom. The lowest BCUT2D eigenvalue weighted by Crippen LogP contribution is -2.50. The van der Waals surface area contributed by atoms with Crippen molar-refractivity contribution in [1.82, 2.24) is 34.5 Å². The van der Waals surface area contributed by atoms with Crippen LogP contribution in [0.3, 0.4) is 0 Å². The SMILES string of the molecule is COC(=O)C(C)(C)[C@H](c1ccc(C)c(CN2CC3(CCOCC3)Oc3nc(CCC(=O)NCCOCCNC(=O)OC(C)(C)C)ccc3S2(=O)=O)c1)c1ccn2c(C(F)(F)F)nnc2c1C. The minimum atomic E-state index is -4.76. The second kappa shape index (κ2) is 19.8. The highest BCUT2D eigenvalue weighted by Crippen LogP contribution is 2.45. The van der Waals surface area contributed by atoms with Crippen molar-refractivity contribution in [2.75, 3.05) is 53.2 Å². The fourth-order valence-electron chi connectivity index (χ4n) is 8.24. The standard InChI is InChI=1S/C45H58F3N7O10S/c1-28-9-10-30(36(43(6,7)40(57)61-8)33-15-20-55-37(29(33)2)52-53-39(55)45(46,47)48)25-31(28)26-54-27-44(16-21-62-22-17-44)64-38-34(66(54,59)60)13-11-32(51-38)12-14-35(56)49-18-23-63-24-19-50-41(58)65-42(3,4)5/h9-11,13,15,20,25,36H,12,14,16-19,21-24,26-27H2,1-8H3,(H,49,56)(H,50,58)/t36-/m1/s1. The molecule has 4 aromatic rings. The van der Waals surface area contributed by atoms with E-state index < -0.39 is 56.6 Å². The number of carbonyl (C=O) groups is 3. The van der Waals surface area contributed by atoms with Gasteiger partial charge in [0.25, 0.3) is 0 Å². The van der Waals surface area contributed by atoms with E-state index in [1.165, 1.54) is 29.7 Å². The number of aryl methyl sites for hydroxylation is 3. The molecule has 0 bridgehead atoms. The van der Waals surface area contributed by atoms with Crippen LogP contribution in [0.4, 0.5) is 18.0 Å². The quantitative estimate of drug-likeness (QED) is 0.107. The molecule has 2 amide bonds. The molecule has 2 N–H and O–H groups in total. The molecule has 6 rings (SSSR count). The number of carbonyl (C=O) groups excluding carboxylic acids is 3. The Morgan fingerprint density at radius 3 is 2.32 bits per heavy atom. The van der Waals surface area contributed by atoms with E-state index >= 15 is 0 Å². The lowest BCUT2D eigenvalue weighted by Gasteiger charge is -2.38. The van der Waals surface area contributed by atoms with E-state index in [2.05, 4.69) is 25.8 Å². The van der Waals surface area contributed by atoms with Gasteiger partial charge in [0.05, 0.1) is 45.5 Å². The molecule has 17 nitrogen and oxygen atoms in total. The van der Waals surface area contributed by atoms with E-state index in [-0.39, 0.29) is 74.6 Å². The first-order valence-electron chi connectivity index (χ1n) is 21.6. The molecule has 0 aliphatic carbocycles. The molecular formula is C45H58F3N7O10S. The number of aromatic nitrogens is 4. The number of ether oxygens (including phenoxy) is 5. The van der Waals surface area contributed by atoms with E-state index in [1.807, 2.05) is 25.1 Å². The van der Waals surface area contributed by atoms with Gasteiger partial charge in [-0.2, -0.15) is 17.5 Å². The first kappa shape index (κ1) is 50.0. The van der Waals surface area contributed by atoms with Crippen LogP contribution in [0.1, 0.15) is 99.1 Å². The number of fused-ring (bicyclic) bond motifs is 2. The minimum Gasteiger partial charge on any atom is -0.469 e. The zero-order valence-corrected chi connectivity index (χ0v) is 39.3. The van der Waals surface area contributed by atoms with E-state index in [1.54, 1.807) is 47.6 Å². The third-order valence-corrected chi connectivity index (χ3v) is 13.5. The van der Waals surface area contributed by atoms with Gasteiger partial charge in [-0.25, -0.2) is 18.2 Å². The summed E-state index contributed by atoms with van der Waals surface area (Å²) >= 11 is 0. The Bertz CT molecular complexity index is 2540. The summed E-state index contributed by atoms with van der Waals surface area (Å²) in [5.74, 6) is -2.87. The van der Waals surface area contributed by atoms with Crippen molar-refractivity contribution in [3.8, 4) is 5.88 Å². The van der Waals surface area contributed by atoms with Crippen LogP contribution in [0.25, 0.3) is 5.65 Å². The van der Waals surface area contributed by atoms with Crippen LogP contribution in [-0.2, 0) is 57.7 Å². The number of methoxy groups -OCH3 is 1. The number of hydrogen-bond donors (Lipinski definition) is 2. The van der Waals surface area contributed by atoms with Crippen molar-refractivity contribution in [3.63, 3.8) is 0 Å². The molecule has 1 aromatic carbocycles. The number of benzene rings is 1. The summed E-state index contributed by atoms with van der Waals surface area (Å²) in [7, 11) is -3.01. The largest absolute Gasteiger partial charge is 0.469 e. The Labute approximate surface area is 382 Å². The van der Waals surface area contributed by atoms with Gasteiger partial charge in [0, 0.05) is 56.7 Å². The number of hydrogen-bond acceptors (Lipinski definition) is 13. The van der Waals surface area contributed by atoms with Crippen molar-refractivity contribution in [2.24, 2.45) is 5.41 Å². The molecular weight excluding hydrogens is 888 g/mol. The van der Waals surface area contributed by atoms with Crippen LogP contribution in [0.15, 0.2) is 47.5 Å². The highest BCUT2D eigenvalue weighted by molar-refractivity contribution is 7.89. The highest BCUT2D eigenvalue weighted by Gasteiger charge is 2.47. The number of amides is 2. The van der Waals surface area contributed by atoms with E-state index in [9.17, 15) is 36.0 Å². The van der Waals surface area contributed by atoms with Gasteiger partial charge >= 0.3 is 18.2 Å². The van der Waals surface area contributed by atoms with Crippen LogP contribution in [0, 0.1) is 19.3 Å². The Hall–Kier alpha value is -5.38. The molecule has 1 spiro atoms. The van der Waals surface area contributed by atoms with Crippen molar-refractivity contribution in [2.45, 2.75) is 109 Å². The van der Waals surface area contributed by atoms with Crippen LogP contribution >= 0.6 is 0 Å². The number of pyridine rings is 2. The number of nitrogens with zero attached hydrogens (tertiary/aromatic N) is 5. The fraction of sp³-hybridized carbons (Fsp3) is 0.556. The van der Waals surface area contributed by atoms with Crippen LogP contribution in [-0.4, -0.2) is 115 Å². The normalized spacial score (nSPS) is 16.8. The molecule has 360 valence electrons. The summed E-state index contributed by atoms with van der Waals surface area (Å²) in [6.45, 7) is 13.6.